The van der Waals surface area contributed by atoms with E-state index < -0.39 is 17.8 Å². The Bertz CT molecular complexity index is 1070. The Balaban J connectivity index is 2.06. The first-order chi connectivity index (χ1) is 14.2. The van der Waals surface area contributed by atoms with Gasteiger partial charge in [0.1, 0.15) is 11.3 Å². The Labute approximate surface area is 188 Å². The molecule has 30 heavy (non-hydrogen) atoms. The van der Waals surface area contributed by atoms with Crippen LogP contribution in [0.3, 0.4) is 0 Å². The van der Waals surface area contributed by atoms with Gasteiger partial charge in [0.2, 0.25) is 0 Å². The van der Waals surface area contributed by atoms with Crippen molar-refractivity contribution in [3.8, 4) is 5.75 Å². The van der Waals surface area contributed by atoms with Crippen molar-refractivity contribution in [2.45, 2.75) is 13.8 Å². The van der Waals surface area contributed by atoms with Crippen LogP contribution in [-0.2, 0) is 9.59 Å². The number of hydrogen-bond acceptors (Lipinski definition) is 4. The van der Waals surface area contributed by atoms with E-state index in [4.69, 9.17) is 39.5 Å². The Kier molecular flexibility index (Phi) is 6.71. The monoisotopic (exact) mass is 466 g/mol. The third-order valence-corrected chi connectivity index (χ3v) is 4.80. The smallest absolute Gasteiger partial charge is 0.335 e. The second-order valence-corrected chi connectivity index (χ2v) is 8.23. The molecule has 2 aromatic carbocycles. The predicted molar refractivity (Wildman–Crippen MR) is 117 cm³/mol. The maximum atomic E-state index is 13.0. The molecule has 1 aliphatic heterocycles. The molecule has 0 aromatic heterocycles. The third-order valence-electron chi connectivity index (χ3n) is 4.07. The van der Waals surface area contributed by atoms with Gasteiger partial charge in [-0.05, 0) is 42.3 Å². The maximum Gasteiger partial charge on any atom is 0.335 e. The first kappa shape index (κ1) is 22.2. The molecule has 1 fully saturated rings. The molecule has 2 aromatic rings. The first-order valence-electron chi connectivity index (χ1n) is 8.96. The van der Waals surface area contributed by atoms with Gasteiger partial charge in [0.25, 0.3) is 11.8 Å². The molecule has 0 spiro atoms. The fraction of sp³-hybridized carbons (Fsp3) is 0.190. The molecule has 9 heteroatoms. The van der Waals surface area contributed by atoms with Crippen LogP contribution in [0.2, 0.25) is 15.1 Å². The van der Waals surface area contributed by atoms with E-state index in [0.29, 0.717) is 22.2 Å². The van der Waals surface area contributed by atoms with Gasteiger partial charge in [-0.25, -0.2) is 9.69 Å². The molecular weight excluding hydrogens is 451 g/mol. The maximum absolute atomic E-state index is 13.0. The van der Waals surface area contributed by atoms with Gasteiger partial charge in [-0.3, -0.25) is 14.9 Å². The summed E-state index contributed by atoms with van der Waals surface area (Å²) >= 11 is 18.3. The highest BCUT2D eigenvalue weighted by Crippen LogP contribution is 2.35. The van der Waals surface area contributed by atoms with Gasteiger partial charge in [0, 0.05) is 15.6 Å². The number of anilines is 1. The summed E-state index contributed by atoms with van der Waals surface area (Å²) in [4.78, 5) is 38.6. The lowest BCUT2D eigenvalue weighted by Crippen LogP contribution is -2.54. The summed E-state index contributed by atoms with van der Waals surface area (Å²) in [5, 5.41) is 3.03. The second kappa shape index (κ2) is 9.08. The van der Waals surface area contributed by atoms with E-state index >= 15 is 0 Å². The molecule has 1 heterocycles. The highest BCUT2D eigenvalue weighted by molar-refractivity contribution is 6.40. The molecule has 0 atom stereocenters. The van der Waals surface area contributed by atoms with Crippen LogP contribution in [0.25, 0.3) is 6.08 Å². The van der Waals surface area contributed by atoms with Crippen molar-refractivity contribution in [3.63, 3.8) is 0 Å². The van der Waals surface area contributed by atoms with Gasteiger partial charge in [-0.15, -0.1) is 0 Å². The van der Waals surface area contributed by atoms with E-state index in [2.05, 4.69) is 5.32 Å². The van der Waals surface area contributed by atoms with E-state index in [1.54, 1.807) is 12.1 Å². The zero-order valence-electron chi connectivity index (χ0n) is 16.0. The molecule has 0 aliphatic carbocycles. The topological polar surface area (TPSA) is 75.7 Å². The fourth-order valence-electron chi connectivity index (χ4n) is 2.75. The molecule has 156 valence electrons. The standard InChI is InChI=1S/C21H17Cl3N2O4/c1-11(2)10-30-18-12(6-14(23)9-17(18)24)7-16-19(27)25-21(29)26(20(16)28)15-5-3-4-13(22)8-15/h3-9,11H,10H2,1-2H3,(H,25,27,29)/b16-7+. The SMILES string of the molecule is CC(C)COc1c(Cl)cc(Cl)cc1/C=C1\C(=O)NC(=O)N(c2cccc(Cl)c2)C1=O. The Hall–Kier alpha value is -2.54. The van der Waals surface area contributed by atoms with Crippen LogP contribution >= 0.6 is 34.8 Å². The number of imide groups is 2. The number of halogens is 3. The van der Waals surface area contributed by atoms with E-state index in [1.165, 1.54) is 30.3 Å². The summed E-state index contributed by atoms with van der Waals surface area (Å²) in [6, 6.07) is 8.33. The Morgan fingerprint density at radius 3 is 2.47 bits per heavy atom. The van der Waals surface area contributed by atoms with Crippen LogP contribution in [-0.4, -0.2) is 24.5 Å². The van der Waals surface area contributed by atoms with Gasteiger partial charge in [-0.2, -0.15) is 0 Å². The molecule has 0 saturated carbocycles. The predicted octanol–water partition coefficient (Wildman–Crippen LogP) is 5.35. The summed E-state index contributed by atoms with van der Waals surface area (Å²) in [5.41, 5.74) is 0.290. The van der Waals surface area contributed by atoms with Gasteiger partial charge in [0.05, 0.1) is 17.3 Å². The van der Waals surface area contributed by atoms with Crippen molar-refractivity contribution in [2.75, 3.05) is 11.5 Å². The second-order valence-electron chi connectivity index (χ2n) is 6.95. The molecule has 6 nitrogen and oxygen atoms in total. The molecule has 4 amide bonds. The minimum atomic E-state index is -0.871. The number of benzene rings is 2. The number of ether oxygens (including phenoxy) is 1. The largest absolute Gasteiger partial charge is 0.491 e. The van der Waals surface area contributed by atoms with Gasteiger partial charge >= 0.3 is 6.03 Å². The van der Waals surface area contributed by atoms with Gasteiger partial charge < -0.3 is 4.74 Å². The Morgan fingerprint density at radius 2 is 1.80 bits per heavy atom. The zero-order chi connectivity index (χ0) is 22.0. The van der Waals surface area contributed by atoms with Gasteiger partial charge in [0.15, 0.2) is 0 Å². The lowest BCUT2D eigenvalue weighted by atomic mass is 10.1. The minimum absolute atomic E-state index is 0.216. The van der Waals surface area contributed by atoms with Crippen LogP contribution in [0, 0.1) is 5.92 Å². The van der Waals surface area contributed by atoms with Crippen molar-refractivity contribution in [1.29, 1.82) is 0 Å². The number of hydrogen-bond donors (Lipinski definition) is 1. The molecule has 3 rings (SSSR count). The number of rotatable bonds is 5. The molecule has 0 radical (unpaired) electrons. The quantitative estimate of drug-likeness (QED) is 0.475. The van der Waals surface area contributed by atoms with Crippen molar-refractivity contribution in [2.24, 2.45) is 5.92 Å². The average Bonchev–Trinajstić information content (AvgIpc) is 2.64. The van der Waals surface area contributed by atoms with Crippen LogP contribution in [0.15, 0.2) is 42.0 Å². The lowest BCUT2D eigenvalue weighted by molar-refractivity contribution is -0.122. The summed E-state index contributed by atoms with van der Waals surface area (Å²) in [6.45, 7) is 4.30. The number of carbonyl (C=O) groups excluding carboxylic acids is 3. The molecule has 1 aliphatic rings. The van der Waals surface area contributed by atoms with Crippen LogP contribution in [0.5, 0.6) is 5.75 Å². The van der Waals surface area contributed by atoms with Crippen LogP contribution < -0.4 is 15.0 Å². The van der Waals surface area contributed by atoms with Crippen molar-refractivity contribution in [3.05, 3.63) is 62.6 Å². The first-order valence-corrected chi connectivity index (χ1v) is 10.1. The molecule has 1 N–H and O–H groups in total. The van der Waals surface area contributed by atoms with E-state index in [9.17, 15) is 14.4 Å². The molecule has 0 unspecified atom stereocenters. The minimum Gasteiger partial charge on any atom is -0.491 e. The number of nitrogens with one attached hydrogen (secondary N) is 1. The van der Waals surface area contributed by atoms with E-state index in [1.807, 2.05) is 13.8 Å². The Morgan fingerprint density at radius 1 is 1.07 bits per heavy atom. The van der Waals surface area contributed by atoms with Crippen molar-refractivity contribution >= 4 is 64.4 Å². The third kappa shape index (κ3) is 4.78. The number of urea groups is 1. The summed E-state index contributed by atoms with van der Waals surface area (Å²) in [6.07, 6.45) is 1.30. The summed E-state index contributed by atoms with van der Waals surface area (Å²) in [7, 11) is 0. The average molecular weight is 468 g/mol. The highest BCUT2D eigenvalue weighted by Gasteiger charge is 2.37. The number of barbiturate groups is 1. The number of amides is 4. The summed E-state index contributed by atoms with van der Waals surface area (Å²) in [5.74, 6) is -1.15. The highest BCUT2D eigenvalue weighted by atomic mass is 35.5. The summed E-state index contributed by atoms with van der Waals surface area (Å²) < 4.78 is 5.77. The van der Waals surface area contributed by atoms with Gasteiger partial charge in [-0.1, -0.05) is 54.7 Å². The van der Waals surface area contributed by atoms with E-state index in [-0.39, 0.29) is 28.0 Å². The number of carbonyl (C=O) groups is 3. The fourth-order valence-corrected chi connectivity index (χ4v) is 3.50. The molecule has 0 bridgehead atoms. The van der Waals surface area contributed by atoms with Crippen molar-refractivity contribution in [1.82, 2.24) is 5.32 Å². The molecule has 1 saturated heterocycles. The zero-order valence-corrected chi connectivity index (χ0v) is 18.3. The van der Waals surface area contributed by atoms with Crippen LogP contribution in [0.1, 0.15) is 19.4 Å². The molecular formula is C21H17Cl3N2O4. The normalized spacial score (nSPS) is 15.7. The van der Waals surface area contributed by atoms with E-state index in [0.717, 1.165) is 4.90 Å². The van der Waals surface area contributed by atoms with Crippen molar-refractivity contribution < 1.29 is 19.1 Å². The lowest BCUT2D eigenvalue weighted by Gasteiger charge is -2.26. The number of nitrogens with zero attached hydrogens (tertiary/aromatic N) is 1. The van der Waals surface area contributed by atoms with Crippen LogP contribution in [0.4, 0.5) is 10.5 Å².